The minimum Gasteiger partial charge on any atom is -0.228 e. The van der Waals surface area contributed by atoms with Gasteiger partial charge in [-0.2, -0.15) is 9.65 Å². The smallest absolute Gasteiger partial charge is 0.213 e. The average Bonchev–Trinajstić information content (AvgIpc) is 2.35. The molecule has 0 bridgehead atoms. The fourth-order valence-corrected chi connectivity index (χ4v) is 2.40. The van der Waals surface area contributed by atoms with E-state index in [1.54, 1.807) is 6.07 Å². The molecule has 0 fully saturated rings. The maximum absolute atomic E-state index is 13.1. The summed E-state index contributed by atoms with van der Waals surface area (Å²) in [5, 5.41) is 9.76. The molecule has 2 rings (SSSR count). The summed E-state index contributed by atoms with van der Waals surface area (Å²) in [4.78, 5) is 3.58. The third-order valence-electron chi connectivity index (χ3n) is 2.51. The van der Waals surface area contributed by atoms with Gasteiger partial charge in [0, 0.05) is 22.3 Å². The lowest BCUT2D eigenvalue weighted by Crippen LogP contribution is -1.94. The van der Waals surface area contributed by atoms with E-state index in [1.165, 1.54) is 18.3 Å². The molecule has 0 aliphatic carbocycles. The van der Waals surface area contributed by atoms with Crippen molar-refractivity contribution in [1.82, 2.24) is 4.98 Å². The Morgan fingerprint density at radius 3 is 2.58 bits per heavy atom. The Morgan fingerprint density at radius 1 is 1.16 bits per heavy atom. The van der Waals surface area contributed by atoms with Crippen LogP contribution in [0, 0.1) is 17.3 Å². The van der Waals surface area contributed by atoms with Gasteiger partial charge in [0.15, 0.2) is 0 Å². The van der Waals surface area contributed by atoms with Crippen molar-refractivity contribution < 1.29 is 4.39 Å². The van der Waals surface area contributed by atoms with Crippen molar-refractivity contribution in [1.29, 1.82) is 5.26 Å². The van der Waals surface area contributed by atoms with Crippen molar-refractivity contribution >= 4 is 34.8 Å². The minimum atomic E-state index is -0.654. The van der Waals surface area contributed by atoms with Crippen LogP contribution in [0.2, 0.25) is 15.1 Å². The third-order valence-corrected chi connectivity index (χ3v) is 3.53. The van der Waals surface area contributed by atoms with Crippen molar-refractivity contribution in [3.63, 3.8) is 0 Å². The fourth-order valence-electron chi connectivity index (χ4n) is 1.69. The van der Waals surface area contributed by atoms with Gasteiger partial charge in [0.1, 0.15) is 0 Å². The molecule has 19 heavy (non-hydrogen) atoms. The molecule has 1 aromatic heterocycles. The quantitative estimate of drug-likeness (QED) is 0.583. The maximum atomic E-state index is 13.1. The lowest BCUT2D eigenvalue weighted by molar-refractivity contribution is 0.582. The molecule has 0 radical (unpaired) electrons. The lowest BCUT2D eigenvalue weighted by atomic mass is 10.0. The standard InChI is InChI=1S/C13H6Cl3FN2/c14-8-4-9(13(16)11(15)5-8)10-6-19-12(17)3-7(10)1-2-18/h3-6H,1H2. The molecule has 96 valence electrons. The second kappa shape index (κ2) is 5.75. The highest BCUT2D eigenvalue weighted by Gasteiger charge is 2.14. The molecule has 1 heterocycles. The summed E-state index contributed by atoms with van der Waals surface area (Å²) in [6.07, 6.45) is 1.35. The monoisotopic (exact) mass is 314 g/mol. The van der Waals surface area contributed by atoms with Crippen molar-refractivity contribution in [3.05, 3.63) is 51.0 Å². The van der Waals surface area contributed by atoms with Crippen molar-refractivity contribution in [2.24, 2.45) is 0 Å². The molecule has 0 amide bonds. The molecule has 0 saturated heterocycles. The Kier molecular flexibility index (Phi) is 4.26. The zero-order valence-corrected chi connectivity index (χ0v) is 11.7. The third kappa shape index (κ3) is 2.98. The number of nitrogens with zero attached hydrogens (tertiary/aromatic N) is 2. The molecule has 1 aromatic carbocycles. The van der Waals surface area contributed by atoms with Crippen molar-refractivity contribution in [2.45, 2.75) is 6.42 Å². The van der Waals surface area contributed by atoms with E-state index in [-0.39, 0.29) is 11.4 Å². The highest BCUT2D eigenvalue weighted by Crippen LogP contribution is 2.37. The minimum absolute atomic E-state index is 0.0369. The molecule has 0 aliphatic rings. The molecule has 2 aromatic rings. The van der Waals surface area contributed by atoms with E-state index in [1.807, 2.05) is 6.07 Å². The molecule has 0 aliphatic heterocycles. The number of rotatable bonds is 2. The van der Waals surface area contributed by atoms with Gasteiger partial charge in [0.25, 0.3) is 0 Å². The number of pyridine rings is 1. The topological polar surface area (TPSA) is 36.7 Å². The van der Waals surface area contributed by atoms with Gasteiger partial charge in [-0.05, 0) is 23.8 Å². The van der Waals surface area contributed by atoms with Gasteiger partial charge in [-0.1, -0.05) is 34.8 Å². The number of aromatic nitrogens is 1. The van der Waals surface area contributed by atoms with E-state index >= 15 is 0 Å². The first-order chi connectivity index (χ1) is 9.02. The summed E-state index contributed by atoms with van der Waals surface area (Å²) in [6.45, 7) is 0. The van der Waals surface area contributed by atoms with Gasteiger partial charge >= 0.3 is 0 Å². The molecule has 6 heteroatoms. The van der Waals surface area contributed by atoms with Crippen LogP contribution in [-0.4, -0.2) is 4.98 Å². The number of nitriles is 1. The first-order valence-electron chi connectivity index (χ1n) is 5.19. The molecule has 0 spiro atoms. The van der Waals surface area contributed by atoms with Gasteiger partial charge in [-0.15, -0.1) is 0 Å². The number of halogens is 4. The van der Waals surface area contributed by atoms with E-state index in [2.05, 4.69) is 4.98 Å². The van der Waals surface area contributed by atoms with E-state index in [0.717, 1.165) is 0 Å². The van der Waals surface area contributed by atoms with Crippen molar-refractivity contribution in [3.8, 4) is 17.2 Å². The summed E-state index contributed by atoms with van der Waals surface area (Å²) in [7, 11) is 0. The first kappa shape index (κ1) is 14.1. The molecule has 0 N–H and O–H groups in total. The normalized spacial score (nSPS) is 10.3. The predicted octanol–water partition coefficient (Wildman–Crippen LogP) is 4.91. The molecular formula is C13H6Cl3FN2. The summed E-state index contributed by atoms with van der Waals surface area (Å²) in [5.74, 6) is -0.654. The lowest BCUT2D eigenvalue weighted by Gasteiger charge is -2.10. The average molecular weight is 316 g/mol. The van der Waals surface area contributed by atoms with Gasteiger partial charge in [-0.3, -0.25) is 0 Å². The Bertz CT molecular complexity index is 680. The van der Waals surface area contributed by atoms with E-state index in [0.29, 0.717) is 26.7 Å². The van der Waals surface area contributed by atoms with Crippen LogP contribution >= 0.6 is 34.8 Å². The van der Waals surface area contributed by atoms with Crippen LogP contribution in [0.1, 0.15) is 5.56 Å². The summed E-state index contributed by atoms with van der Waals surface area (Å²) >= 11 is 18.0. The molecular weight excluding hydrogens is 310 g/mol. The van der Waals surface area contributed by atoms with Crippen molar-refractivity contribution in [2.75, 3.05) is 0 Å². The second-order valence-electron chi connectivity index (χ2n) is 3.75. The van der Waals surface area contributed by atoms with Crippen LogP contribution in [0.15, 0.2) is 24.4 Å². The van der Waals surface area contributed by atoms with Gasteiger partial charge in [0.2, 0.25) is 5.95 Å². The van der Waals surface area contributed by atoms with Crippen LogP contribution in [-0.2, 0) is 6.42 Å². The second-order valence-corrected chi connectivity index (χ2v) is 4.97. The van der Waals surface area contributed by atoms with Crippen LogP contribution < -0.4 is 0 Å². The van der Waals surface area contributed by atoms with Gasteiger partial charge in [-0.25, -0.2) is 4.98 Å². The fraction of sp³-hybridized carbons (Fsp3) is 0.0769. The van der Waals surface area contributed by atoms with E-state index < -0.39 is 5.95 Å². The summed E-state index contributed by atoms with van der Waals surface area (Å²) in [6, 6.07) is 6.28. The van der Waals surface area contributed by atoms with Gasteiger partial charge in [0.05, 0.1) is 22.5 Å². The number of hydrogen-bond acceptors (Lipinski definition) is 2. The zero-order chi connectivity index (χ0) is 14.0. The summed E-state index contributed by atoms with van der Waals surface area (Å²) < 4.78 is 13.1. The van der Waals surface area contributed by atoms with Crippen LogP contribution in [0.3, 0.4) is 0 Å². The highest BCUT2D eigenvalue weighted by atomic mass is 35.5. The molecule has 0 unspecified atom stereocenters. The Labute approximate surface area is 124 Å². The molecule has 2 nitrogen and oxygen atoms in total. The first-order valence-corrected chi connectivity index (χ1v) is 6.32. The van der Waals surface area contributed by atoms with Crippen LogP contribution in [0.4, 0.5) is 4.39 Å². The van der Waals surface area contributed by atoms with Crippen LogP contribution in [0.25, 0.3) is 11.1 Å². The van der Waals surface area contributed by atoms with Gasteiger partial charge < -0.3 is 0 Å². The number of hydrogen-bond donors (Lipinski definition) is 0. The highest BCUT2D eigenvalue weighted by molar-refractivity contribution is 6.45. The Morgan fingerprint density at radius 2 is 1.89 bits per heavy atom. The predicted molar refractivity (Wildman–Crippen MR) is 74.0 cm³/mol. The SMILES string of the molecule is N#CCc1cc(F)ncc1-c1cc(Cl)cc(Cl)c1Cl. The molecule has 0 atom stereocenters. The number of benzene rings is 1. The zero-order valence-electron chi connectivity index (χ0n) is 9.42. The van der Waals surface area contributed by atoms with E-state index in [4.69, 9.17) is 40.1 Å². The summed E-state index contributed by atoms with van der Waals surface area (Å²) in [5.41, 5.74) is 1.55. The van der Waals surface area contributed by atoms with E-state index in [9.17, 15) is 4.39 Å². The maximum Gasteiger partial charge on any atom is 0.213 e. The molecule has 0 saturated carbocycles. The Balaban J connectivity index is 2.69. The Hall–Kier alpha value is -1.34. The van der Waals surface area contributed by atoms with Crippen LogP contribution in [0.5, 0.6) is 0 Å². The largest absolute Gasteiger partial charge is 0.228 e.